The van der Waals surface area contributed by atoms with Gasteiger partial charge in [-0.1, -0.05) is 0 Å². The maximum absolute atomic E-state index is 15.1. The summed E-state index contributed by atoms with van der Waals surface area (Å²) in [5.41, 5.74) is -1.56. The molecule has 0 N–H and O–H groups in total. The molecule has 0 amide bonds. The van der Waals surface area contributed by atoms with Gasteiger partial charge in [-0.15, -0.1) is 0 Å². The first-order chi connectivity index (χ1) is 34.3. The van der Waals surface area contributed by atoms with Gasteiger partial charge in [-0.05, 0) is 24.3 Å². The number of esters is 10. The number of carbonyl (C=O) groups excluding carboxylic acids is 10. The summed E-state index contributed by atoms with van der Waals surface area (Å²) in [4.78, 5) is 139. The lowest BCUT2D eigenvalue weighted by atomic mass is 9.98. The Hall–Kier alpha value is -8.13. The zero-order chi connectivity index (χ0) is 54.0. The highest BCUT2D eigenvalue weighted by molar-refractivity contribution is 5.90. The highest BCUT2D eigenvalue weighted by atomic mass is 16.8. The Morgan fingerprint density at radius 1 is 0.452 bits per heavy atom. The van der Waals surface area contributed by atoms with Gasteiger partial charge in [0.15, 0.2) is 30.2 Å². The standard InChI is InChI=1S/C47H50O26/c1-19(48)59-17-34-39(63-23(5)52)42(65-25(7)54)44(67-27(9)56)46(71-34)69-31-15-32(62-22(4)51)36-33(16-31)70-38(29-11-13-30(14-12-29)61-21(3)50)41(37(36)58)73-47-45(68-28(10)57)43(66-26(8)55)40(64-24(6)53)35(72-47)18-60-20(2)49/h11-16,34-35,39-40,42-47H,17-18H2,1-10H3. The molecule has 2 aliphatic rings. The van der Waals surface area contributed by atoms with Gasteiger partial charge in [0, 0.05) is 86.9 Å². The predicted octanol–water partition coefficient (Wildman–Crippen LogP) is 2.23. The molecule has 26 nitrogen and oxygen atoms in total. The fraction of sp³-hybridized carbons (Fsp3) is 0.468. The molecule has 2 fully saturated rings. The SMILES string of the molecule is CC(=O)OCC1OC(Oc2cc(OC(C)=O)c3c(=O)c(OC4OC(COC(C)=O)C(OC(C)=O)C(OC(C)=O)C4OC(C)=O)c(-c4ccc(OC(C)=O)cc4)oc3c2)C(OC(C)=O)C(OC(C)=O)C1OC(C)=O. The van der Waals surface area contributed by atoms with Gasteiger partial charge in [0.05, 0.1) is 0 Å². The molecular formula is C47H50O26. The van der Waals surface area contributed by atoms with Gasteiger partial charge in [0.25, 0.3) is 0 Å². The van der Waals surface area contributed by atoms with E-state index in [0.29, 0.717) is 0 Å². The van der Waals surface area contributed by atoms with Crippen LogP contribution in [-0.2, 0) is 95.3 Å². The zero-order valence-electron chi connectivity index (χ0n) is 40.8. The molecule has 0 aliphatic carbocycles. The van der Waals surface area contributed by atoms with Gasteiger partial charge in [-0.25, -0.2) is 0 Å². The van der Waals surface area contributed by atoms with Crippen LogP contribution in [0.3, 0.4) is 0 Å². The van der Waals surface area contributed by atoms with Gasteiger partial charge in [-0.3, -0.25) is 52.7 Å². The van der Waals surface area contributed by atoms with E-state index in [1.807, 2.05) is 0 Å². The Bertz CT molecular complexity index is 2690. The van der Waals surface area contributed by atoms with Crippen molar-refractivity contribution in [2.45, 2.75) is 131 Å². The lowest BCUT2D eigenvalue weighted by Crippen LogP contribution is -2.63. The second kappa shape index (κ2) is 24.3. The Morgan fingerprint density at radius 2 is 0.863 bits per heavy atom. The number of benzene rings is 2. The molecule has 1 aromatic heterocycles. The van der Waals surface area contributed by atoms with E-state index in [-0.39, 0.29) is 17.1 Å². The predicted molar refractivity (Wildman–Crippen MR) is 236 cm³/mol. The number of carbonyl (C=O) groups is 10. The Balaban J connectivity index is 1.77. The number of rotatable bonds is 17. The molecule has 10 atom stereocenters. The lowest BCUT2D eigenvalue weighted by Gasteiger charge is -2.44. The van der Waals surface area contributed by atoms with E-state index in [9.17, 15) is 47.9 Å². The molecule has 3 aromatic rings. The molecule has 73 heavy (non-hydrogen) atoms. The molecule has 2 saturated heterocycles. The second-order valence-electron chi connectivity index (χ2n) is 16.0. The smallest absolute Gasteiger partial charge is 0.308 e. The van der Waals surface area contributed by atoms with E-state index in [1.54, 1.807) is 0 Å². The summed E-state index contributed by atoms with van der Waals surface area (Å²) in [6.45, 7) is 8.98. The van der Waals surface area contributed by atoms with Crippen LogP contribution in [0.4, 0.5) is 0 Å². The van der Waals surface area contributed by atoms with Crippen LogP contribution in [0.25, 0.3) is 22.3 Å². The molecule has 5 rings (SSSR count). The van der Waals surface area contributed by atoms with E-state index in [1.165, 1.54) is 24.3 Å². The quantitative estimate of drug-likeness (QED) is 0.106. The Kier molecular flexibility index (Phi) is 18.6. The number of hydrogen-bond donors (Lipinski definition) is 0. The van der Waals surface area contributed by atoms with Crippen molar-refractivity contribution in [1.29, 1.82) is 0 Å². The van der Waals surface area contributed by atoms with E-state index in [2.05, 4.69) is 0 Å². The average Bonchev–Trinajstić information content (AvgIpc) is 3.26. The zero-order valence-corrected chi connectivity index (χ0v) is 40.8. The molecule has 0 bridgehead atoms. The van der Waals surface area contributed by atoms with Gasteiger partial charge in [0.2, 0.25) is 36.0 Å². The van der Waals surface area contributed by atoms with Crippen LogP contribution in [-0.4, -0.2) is 134 Å². The number of ether oxygens (including phenoxy) is 14. The fourth-order valence-corrected chi connectivity index (χ4v) is 7.50. The summed E-state index contributed by atoms with van der Waals surface area (Å²) in [5, 5.41) is -0.537. The van der Waals surface area contributed by atoms with Gasteiger partial charge in [-0.2, -0.15) is 0 Å². The minimum absolute atomic E-state index is 0.00970. The highest BCUT2D eigenvalue weighted by Crippen LogP contribution is 2.41. The van der Waals surface area contributed by atoms with Crippen LogP contribution < -0.4 is 24.4 Å². The topological polar surface area (TPSA) is 330 Å². The molecular weight excluding hydrogens is 980 g/mol. The summed E-state index contributed by atoms with van der Waals surface area (Å²) >= 11 is 0. The molecule has 2 aliphatic heterocycles. The van der Waals surface area contributed by atoms with Crippen molar-refractivity contribution < 1.29 is 119 Å². The first-order valence-electron chi connectivity index (χ1n) is 21.9. The normalized spacial score (nSPS) is 23.3. The van der Waals surface area contributed by atoms with Crippen molar-refractivity contribution in [3.63, 3.8) is 0 Å². The highest BCUT2D eigenvalue weighted by Gasteiger charge is 2.55. The van der Waals surface area contributed by atoms with E-state index < -0.39 is 168 Å². The summed E-state index contributed by atoms with van der Waals surface area (Å²) in [6.07, 6.45) is -17.1. The van der Waals surface area contributed by atoms with Crippen LogP contribution in [0, 0.1) is 0 Å². The molecule has 0 spiro atoms. The van der Waals surface area contributed by atoms with Crippen molar-refractivity contribution in [2.75, 3.05) is 13.2 Å². The van der Waals surface area contributed by atoms with Gasteiger partial charge in [0.1, 0.15) is 53.6 Å². The first-order valence-corrected chi connectivity index (χ1v) is 21.9. The molecule has 2 aromatic carbocycles. The third-order valence-corrected chi connectivity index (χ3v) is 9.91. The van der Waals surface area contributed by atoms with Crippen molar-refractivity contribution >= 4 is 70.7 Å². The maximum atomic E-state index is 15.1. The lowest BCUT2D eigenvalue weighted by molar-refractivity contribution is -0.288. The third-order valence-electron chi connectivity index (χ3n) is 9.91. The average molecular weight is 1030 g/mol. The first kappa shape index (κ1) is 55.8. The third kappa shape index (κ3) is 15.0. The summed E-state index contributed by atoms with van der Waals surface area (Å²) in [7, 11) is 0. The van der Waals surface area contributed by atoms with Crippen LogP contribution in [0.5, 0.6) is 23.0 Å². The van der Waals surface area contributed by atoms with E-state index >= 15 is 4.79 Å². The number of hydrogen-bond acceptors (Lipinski definition) is 26. The van der Waals surface area contributed by atoms with Crippen LogP contribution in [0.15, 0.2) is 45.6 Å². The monoisotopic (exact) mass is 1030 g/mol. The summed E-state index contributed by atoms with van der Waals surface area (Å²) < 4.78 is 84.9. The molecule has 0 radical (unpaired) electrons. The molecule has 10 unspecified atom stereocenters. The fourth-order valence-electron chi connectivity index (χ4n) is 7.50. The minimum atomic E-state index is -2.01. The minimum Gasteiger partial charge on any atom is -0.463 e. The Labute approximate surface area is 413 Å². The second-order valence-corrected chi connectivity index (χ2v) is 16.0. The van der Waals surface area contributed by atoms with E-state index in [4.69, 9.17) is 70.7 Å². The largest absolute Gasteiger partial charge is 0.463 e. The van der Waals surface area contributed by atoms with Crippen molar-refractivity contribution in [3.8, 4) is 34.3 Å². The molecule has 3 heterocycles. The van der Waals surface area contributed by atoms with Crippen LogP contribution in [0.1, 0.15) is 69.2 Å². The maximum Gasteiger partial charge on any atom is 0.308 e. The molecule has 26 heteroatoms. The van der Waals surface area contributed by atoms with E-state index in [0.717, 1.165) is 81.4 Å². The van der Waals surface area contributed by atoms with Crippen molar-refractivity contribution in [1.82, 2.24) is 0 Å². The number of fused-ring (bicyclic) bond motifs is 1. The molecule has 394 valence electrons. The Morgan fingerprint density at radius 3 is 1.27 bits per heavy atom. The van der Waals surface area contributed by atoms with Crippen molar-refractivity contribution in [3.05, 3.63) is 46.6 Å². The van der Waals surface area contributed by atoms with Gasteiger partial charge < -0.3 is 70.7 Å². The summed E-state index contributed by atoms with van der Waals surface area (Å²) in [6, 6.07) is 7.37. The van der Waals surface area contributed by atoms with Crippen LogP contribution >= 0.6 is 0 Å². The summed E-state index contributed by atoms with van der Waals surface area (Å²) in [5.74, 6) is -11.1. The van der Waals surface area contributed by atoms with Crippen molar-refractivity contribution in [2.24, 2.45) is 0 Å². The molecule has 0 saturated carbocycles. The van der Waals surface area contributed by atoms with Gasteiger partial charge >= 0.3 is 59.7 Å². The van der Waals surface area contributed by atoms with Crippen LogP contribution in [0.2, 0.25) is 0 Å².